The molecule has 0 unspecified atom stereocenters. The van der Waals surface area contributed by atoms with Gasteiger partial charge in [0.1, 0.15) is 5.72 Å². The molecule has 0 aliphatic heterocycles. The average Bonchev–Trinajstić information content (AvgIpc) is 2.56. The van der Waals surface area contributed by atoms with Crippen LogP contribution >= 0.6 is 0 Å². The minimum absolute atomic E-state index is 0.664. The summed E-state index contributed by atoms with van der Waals surface area (Å²) in [6.07, 6.45) is 21.7. The summed E-state index contributed by atoms with van der Waals surface area (Å²) in [5.41, 5.74) is -0.664. The predicted octanol–water partition coefficient (Wildman–Crippen LogP) is 7.30. The predicted molar refractivity (Wildman–Crippen MR) is 113 cm³/mol. The number of nitrogens with zero attached hydrogens (tertiary/aromatic N) is 1. The van der Waals surface area contributed by atoms with Crippen molar-refractivity contribution >= 4 is 0 Å². The Morgan fingerprint density at radius 3 is 1.08 bits per heavy atom. The van der Waals surface area contributed by atoms with E-state index in [-0.39, 0.29) is 0 Å². The van der Waals surface area contributed by atoms with Crippen LogP contribution in [0, 0.1) is 0 Å². The molecule has 2 heteroatoms. The lowest BCUT2D eigenvalue weighted by Gasteiger charge is -2.34. The van der Waals surface area contributed by atoms with Gasteiger partial charge in [-0.3, -0.25) is 4.90 Å². The van der Waals surface area contributed by atoms with E-state index in [0.29, 0.717) is 0 Å². The average molecular weight is 356 g/mol. The molecule has 0 aromatic rings. The zero-order chi connectivity index (χ0) is 18.8. The highest BCUT2D eigenvalue weighted by Crippen LogP contribution is 2.16. The van der Waals surface area contributed by atoms with E-state index in [1.54, 1.807) is 0 Å². The summed E-state index contributed by atoms with van der Waals surface area (Å²) in [6.45, 7) is 10.5. The first-order valence-electron chi connectivity index (χ1n) is 11.5. The fourth-order valence-corrected chi connectivity index (χ4v) is 3.53. The van der Waals surface area contributed by atoms with E-state index in [1.165, 1.54) is 103 Å². The van der Waals surface area contributed by atoms with Gasteiger partial charge in [-0.1, -0.05) is 104 Å². The summed E-state index contributed by atoms with van der Waals surface area (Å²) >= 11 is 0. The van der Waals surface area contributed by atoms with Crippen LogP contribution in [0.3, 0.4) is 0 Å². The fourth-order valence-electron chi connectivity index (χ4n) is 3.53. The van der Waals surface area contributed by atoms with E-state index in [4.69, 9.17) is 0 Å². The summed E-state index contributed by atoms with van der Waals surface area (Å²) < 4.78 is 0. The molecule has 0 spiro atoms. The van der Waals surface area contributed by atoms with Crippen LogP contribution in [0.15, 0.2) is 0 Å². The van der Waals surface area contributed by atoms with Crippen molar-refractivity contribution in [2.75, 3.05) is 13.1 Å². The molecule has 0 saturated carbocycles. The Kier molecular flexibility index (Phi) is 17.3. The van der Waals surface area contributed by atoms with E-state index in [9.17, 15) is 5.11 Å². The lowest BCUT2D eigenvalue weighted by Crippen LogP contribution is -2.44. The maximum absolute atomic E-state index is 10.4. The third kappa shape index (κ3) is 17.1. The van der Waals surface area contributed by atoms with Crippen molar-refractivity contribution in [3.05, 3.63) is 0 Å². The van der Waals surface area contributed by atoms with Gasteiger partial charge in [0.05, 0.1) is 0 Å². The van der Waals surface area contributed by atoms with Crippen molar-refractivity contribution in [2.45, 2.75) is 136 Å². The first kappa shape index (κ1) is 24.9. The molecule has 0 amide bonds. The number of rotatable bonds is 19. The van der Waals surface area contributed by atoms with E-state index < -0.39 is 5.72 Å². The van der Waals surface area contributed by atoms with Crippen LogP contribution in [0.5, 0.6) is 0 Å². The zero-order valence-corrected chi connectivity index (χ0v) is 18.1. The highest BCUT2D eigenvalue weighted by Gasteiger charge is 2.22. The molecule has 0 aliphatic carbocycles. The maximum atomic E-state index is 10.4. The van der Waals surface area contributed by atoms with Crippen LogP contribution in [0.25, 0.3) is 0 Å². The number of hydrogen-bond acceptors (Lipinski definition) is 2. The molecule has 0 radical (unpaired) electrons. The van der Waals surface area contributed by atoms with Crippen molar-refractivity contribution in [3.8, 4) is 0 Å². The van der Waals surface area contributed by atoms with Gasteiger partial charge in [-0.2, -0.15) is 0 Å². The fraction of sp³-hybridized carbons (Fsp3) is 1.00. The van der Waals surface area contributed by atoms with Gasteiger partial charge < -0.3 is 5.11 Å². The Morgan fingerprint density at radius 1 is 0.520 bits per heavy atom. The van der Waals surface area contributed by atoms with Crippen LogP contribution in [0.4, 0.5) is 0 Å². The van der Waals surface area contributed by atoms with Gasteiger partial charge in [0, 0.05) is 13.1 Å². The molecule has 0 fully saturated rings. The summed E-state index contributed by atoms with van der Waals surface area (Å²) in [7, 11) is 0. The van der Waals surface area contributed by atoms with Gasteiger partial charge in [0.2, 0.25) is 0 Å². The molecule has 0 aromatic carbocycles. The molecule has 0 rings (SSSR count). The molecule has 0 heterocycles. The lowest BCUT2D eigenvalue weighted by atomic mass is 10.1. The first-order chi connectivity index (χ1) is 12.0. The highest BCUT2D eigenvalue weighted by molar-refractivity contribution is 4.70. The van der Waals surface area contributed by atoms with Crippen molar-refractivity contribution < 1.29 is 5.11 Å². The molecule has 0 saturated heterocycles. The minimum atomic E-state index is -0.664. The Labute approximate surface area is 159 Å². The summed E-state index contributed by atoms with van der Waals surface area (Å²) in [5.74, 6) is 0. The molecule has 1 N–H and O–H groups in total. The number of hydrogen-bond donors (Lipinski definition) is 1. The SMILES string of the molecule is CCCCCCCCCCN(CCCCCCCCCC)C(C)(C)O. The quantitative estimate of drug-likeness (QED) is 0.194. The molecular formula is C23H49NO. The van der Waals surface area contributed by atoms with E-state index in [2.05, 4.69) is 18.7 Å². The molecule has 152 valence electrons. The van der Waals surface area contributed by atoms with Gasteiger partial charge in [0.15, 0.2) is 0 Å². The van der Waals surface area contributed by atoms with Crippen LogP contribution in [-0.4, -0.2) is 28.8 Å². The molecular weight excluding hydrogens is 306 g/mol. The van der Waals surface area contributed by atoms with Gasteiger partial charge in [0.25, 0.3) is 0 Å². The standard InChI is InChI=1S/C23H49NO/c1-5-7-9-11-13-15-17-19-21-24(23(3,4)25)22-20-18-16-14-12-10-8-6-2/h25H,5-22H2,1-4H3. The van der Waals surface area contributed by atoms with Crippen LogP contribution in [0.1, 0.15) is 130 Å². The molecule has 0 aliphatic rings. The van der Waals surface area contributed by atoms with Gasteiger partial charge in [-0.15, -0.1) is 0 Å². The van der Waals surface area contributed by atoms with Crippen LogP contribution in [-0.2, 0) is 0 Å². The van der Waals surface area contributed by atoms with E-state index >= 15 is 0 Å². The largest absolute Gasteiger partial charge is 0.376 e. The highest BCUT2D eigenvalue weighted by atomic mass is 16.3. The van der Waals surface area contributed by atoms with Crippen molar-refractivity contribution in [3.63, 3.8) is 0 Å². The summed E-state index contributed by atoms with van der Waals surface area (Å²) in [6, 6.07) is 0. The monoisotopic (exact) mass is 355 g/mol. The second-order valence-corrected chi connectivity index (χ2v) is 8.43. The van der Waals surface area contributed by atoms with Crippen LogP contribution in [0.2, 0.25) is 0 Å². The molecule has 0 bridgehead atoms. The first-order valence-corrected chi connectivity index (χ1v) is 11.5. The molecule has 2 nitrogen and oxygen atoms in total. The molecule has 0 aromatic heterocycles. The normalized spacial score (nSPS) is 12.2. The third-order valence-corrected chi connectivity index (χ3v) is 5.34. The zero-order valence-electron chi connectivity index (χ0n) is 18.1. The number of aliphatic hydroxyl groups is 1. The van der Waals surface area contributed by atoms with Gasteiger partial charge in [-0.25, -0.2) is 0 Å². The van der Waals surface area contributed by atoms with E-state index in [1.807, 2.05) is 13.8 Å². The van der Waals surface area contributed by atoms with Crippen LogP contribution < -0.4 is 0 Å². The van der Waals surface area contributed by atoms with Crippen molar-refractivity contribution in [1.82, 2.24) is 4.90 Å². The Bertz CT molecular complexity index is 239. The summed E-state index contributed by atoms with van der Waals surface area (Å²) in [4.78, 5) is 2.29. The topological polar surface area (TPSA) is 23.5 Å². The van der Waals surface area contributed by atoms with Crippen molar-refractivity contribution in [2.24, 2.45) is 0 Å². The Morgan fingerprint density at radius 2 is 0.800 bits per heavy atom. The lowest BCUT2D eigenvalue weighted by molar-refractivity contribution is -0.0795. The van der Waals surface area contributed by atoms with Gasteiger partial charge in [-0.05, 0) is 26.7 Å². The smallest absolute Gasteiger partial charge is 0.112 e. The second kappa shape index (κ2) is 17.3. The van der Waals surface area contributed by atoms with Gasteiger partial charge >= 0.3 is 0 Å². The summed E-state index contributed by atoms with van der Waals surface area (Å²) in [5, 5.41) is 10.4. The van der Waals surface area contributed by atoms with E-state index in [0.717, 1.165) is 13.1 Å². The Balaban J connectivity index is 3.67. The third-order valence-electron chi connectivity index (χ3n) is 5.34. The molecule has 25 heavy (non-hydrogen) atoms. The van der Waals surface area contributed by atoms with Crippen molar-refractivity contribution in [1.29, 1.82) is 0 Å². The number of unbranched alkanes of at least 4 members (excludes halogenated alkanes) is 14. The minimum Gasteiger partial charge on any atom is -0.376 e. The molecule has 0 atom stereocenters. The maximum Gasteiger partial charge on any atom is 0.112 e. The second-order valence-electron chi connectivity index (χ2n) is 8.43. The Hall–Kier alpha value is -0.0800.